The van der Waals surface area contributed by atoms with Gasteiger partial charge in [-0.25, -0.2) is 4.90 Å². The molecule has 0 spiro atoms. The number of hydrogen-bond acceptors (Lipinski definition) is 8. The molecule has 0 saturated heterocycles. The topological polar surface area (TPSA) is 116 Å². The molecule has 38 heavy (non-hydrogen) atoms. The molecule has 2 amide bonds. The van der Waals surface area contributed by atoms with Crippen LogP contribution >= 0.6 is 0 Å². The molecule has 0 aromatic heterocycles. The van der Waals surface area contributed by atoms with E-state index in [0.717, 1.165) is 0 Å². The molecule has 1 aliphatic rings. The number of benzene rings is 3. The Morgan fingerprint density at radius 1 is 0.868 bits per heavy atom. The fourth-order valence-electron chi connectivity index (χ4n) is 4.01. The lowest BCUT2D eigenvalue weighted by molar-refractivity contribution is -0.142. The molecular weight excluding hydrogens is 531 g/mol. The summed E-state index contributed by atoms with van der Waals surface area (Å²) in [5.74, 6) is -3.58. The fourth-order valence-corrected chi connectivity index (χ4v) is 4.50. The molecule has 0 N–H and O–H groups in total. The van der Waals surface area contributed by atoms with Gasteiger partial charge < -0.3 is 13.7 Å². The first kappa shape index (κ1) is 26.9. The van der Waals surface area contributed by atoms with Crippen LogP contribution in [-0.4, -0.2) is 44.9 Å². The molecule has 0 saturated carbocycles. The van der Waals surface area contributed by atoms with E-state index in [1.54, 1.807) is 13.8 Å². The minimum Gasteiger partial charge on any atom is -0.492 e. The van der Waals surface area contributed by atoms with E-state index < -0.39 is 50.3 Å². The summed E-state index contributed by atoms with van der Waals surface area (Å²) in [5, 5.41) is -0.0939. The first-order valence-electron chi connectivity index (χ1n) is 11.3. The number of anilines is 1. The zero-order valence-electron chi connectivity index (χ0n) is 20.0. The van der Waals surface area contributed by atoms with E-state index in [9.17, 15) is 36.0 Å². The third-order valence-corrected chi connectivity index (χ3v) is 6.52. The zero-order chi connectivity index (χ0) is 27.8. The van der Waals surface area contributed by atoms with Crippen LogP contribution in [0.5, 0.6) is 11.5 Å². The van der Waals surface area contributed by atoms with E-state index in [0.29, 0.717) is 10.5 Å². The van der Waals surface area contributed by atoms with Crippen molar-refractivity contribution in [3.63, 3.8) is 0 Å². The van der Waals surface area contributed by atoms with Crippen LogP contribution in [0.25, 0.3) is 10.8 Å². The highest BCUT2D eigenvalue weighted by atomic mass is 32.2. The first-order chi connectivity index (χ1) is 17.9. The van der Waals surface area contributed by atoms with Crippen LogP contribution in [0.15, 0.2) is 48.5 Å². The molecule has 0 bridgehead atoms. The van der Waals surface area contributed by atoms with Gasteiger partial charge in [0.25, 0.3) is 11.8 Å². The number of imide groups is 1. The van der Waals surface area contributed by atoms with Crippen molar-refractivity contribution in [3.05, 3.63) is 65.2 Å². The highest BCUT2D eigenvalue weighted by Gasteiger charge is 2.51. The Morgan fingerprint density at radius 3 is 1.95 bits per heavy atom. The lowest BCUT2D eigenvalue weighted by atomic mass is 9.99. The number of amides is 2. The number of halogens is 3. The van der Waals surface area contributed by atoms with Crippen molar-refractivity contribution in [2.75, 3.05) is 18.1 Å². The average molecular weight is 551 g/mol. The van der Waals surface area contributed by atoms with Crippen LogP contribution < -0.4 is 13.8 Å². The van der Waals surface area contributed by atoms with Crippen molar-refractivity contribution in [2.45, 2.75) is 25.8 Å². The average Bonchev–Trinajstić information content (AvgIpc) is 3.11. The molecule has 9 nitrogen and oxygen atoms in total. The molecule has 0 unspecified atom stereocenters. The molecule has 1 aliphatic heterocycles. The summed E-state index contributed by atoms with van der Waals surface area (Å²) >= 11 is 0. The maximum Gasteiger partial charge on any atom is 0.534 e. The summed E-state index contributed by atoms with van der Waals surface area (Å²) in [5.41, 5.74) is -6.36. The molecule has 3 aromatic carbocycles. The van der Waals surface area contributed by atoms with Crippen molar-refractivity contribution in [1.82, 2.24) is 0 Å². The molecule has 4 rings (SSSR count). The SMILES string of the molecule is CCOC(=O)Cc1ccc(N2C(=O)c3c(c(OS(=O)(=O)C(F)(F)F)c4ccccc4c3OCC)C2=O)cc1. The molecule has 0 aliphatic carbocycles. The Balaban J connectivity index is 1.89. The van der Waals surface area contributed by atoms with Crippen molar-refractivity contribution in [2.24, 2.45) is 0 Å². The summed E-state index contributed by atoms with van der Waals surface area (Å²) in [7, 11) is -6.20. The number of carbonyl (C=O) groups excluding carboxylic acids is 3. The van der Waals surface area contributed by atoms with Gasteiger partial charge in [-0.3, -0.25) is 14.4 Å². The number of hydrogen-bond donors (Lipinski definition) is 0. The number of nitrogens with zero attached hydrogens (tertiary/aromatic N) is 1. The second kappa shape index (κ2) is 9.97. The fraction of sp³-hybridized carbons (Fsp3) is 0.240. The van der Waals surface area contributed by atoms with Crippen molar-refractivity contribution in [3.8, 4) is 11.5 Å². The zero-order valence-corrected chi connectivity index (χ0v) is 20.8. The smallest absolute Gasteiger partial charge is 0.492 e. The van der Waals surface area contributed by atoms with Crippen molar-refractivity contribution in [1.29, 1.82) is 0 Å². The van der Waals surface area contributed by atoms with Gasteiger partial charge in [0.05, 0.1) is 30.9 Å². The molecule has 0 fully saturated rings. The number of ether oxygens (including phenoxy) is 2. The number of esters is 1. The molecule has 1 heterocycles. The van der Waals surface area contributed by atoms with Gasteiger partial charge in [-0.05, 0) is 31.5 Å². The summed E-state index contributed by atoms with van der Waals surface area (Å²) in [6.45, 7) is 3.47. The molecule has 13 heteroatoms. The second-order valence-corrected chi connectivity index (χ2v) is 9.50. The van der Waals surface area contributed by atoms with Crippen molar-refractivity contribution >= 4 is 44.4 Å². The van der Waals surface area contributed by atoms with Gasteiger partial charge in [-0.15, -0.1) is 0 Å². The highest BCUT2D eigenvalue weighted by Crippen LogP contribution is 2.47. The van der Waals surface area contributed by atoms with E-state index in [-0.39, 0.29) is 41.8 Å². The Hall–Kier alpha value is -4.13. The second-order valence-electron chi connectivity index (χ2n) is 7.96. The number of alkyl halides is 3. The van der Waals surface area contributed by atoms with Gasteiger partial charge in [0.15, 0.2) is 5.75 Å². The normalized spacial score (nSPS) is 13.6. The molecular formula is C25H20F3NO8S. The van der Waals surface area contributed by atoms with Gasteiger partial charge in [-0.2, -0.15) is 21.6 Å². The van der Waals surface area contributed by atoms with Gasteiger partial charge in [0, 0.05) is 10.8 Å². The van der Waals surface area contributed by atoms with Crippen LogP contribution in [0.3, 0.4) is 0 Å². The number of fused-ring (bicyclic) bond motifs is 2. The van der Waals surface area contributed by atoms with Crippen LogP contribution in [0, 0.1) is 0 Å². The standard InChI is InChI=1S/C25H20F3NO8S/c1-3-35-18(30)13-14-9-11-15(12-10-14)29-23(31)19-20(24(29)32)22(37-38(33,34)25(26,27)28)17-8-6-5-7-16(17)21(19)36-4-2/h5-12H,3-4,13H2,1-2H3. The monoisotopic (exact) mass is 551 g/mol. The van der Waals surface area contributed by atoms with Crippen LogP contribution in [0.2, 0.25) is 0 Å². The highest BCUT2D eigenvalue weighted by molar-refractivity contribution is 7.88. The third kappa shape index (κ3) is 4.64. The maximum absolute atomic E-state index is 13.5. The number of rotatable bonds is 8. The van der Waals surface area contributed by atoms with E-state index >= 15 is 0 Å². The summed E-state index contributed by atoms with van der Waals surface area (Å²) in [6, 6.07) is 11.2. The third-order valence-electron chi connectivity index (χ3n) is 5.57. The van der Waals surface area contributed by atoms with E-state index in [1.165, 1.54) is 48.5 Å². The predicted molar refractivity (Wildman–Crippen MR) is 129 cm³/mol. The Labute approximate surface area is 214 Å². The minimum absolute atomic E-state index is 0.0277. The van der Waals surface area contributed by atoms with Crippen molar-refractivity contribution < 1.29 is 49.6 Å². The molecule has 200 valence electrons. The van der Waals surface area contributed by atoms with Gasteiger partial charge in [0.1, 0.15) is 11.3 Å². The summed E-state index contributed by atoms with van der Waals surface area (Å²) in [4.78, 5) is 39.5. The molecule has 0 atom stereocenters. The summed E-state index contributed by atoms with van der Waals surface area (Å²) in [6.07, 6.45) is -0.0661. The Morgan fingerprint density at radius 2 is 1.42 bits per heavy atom. The Kier molecular flexibility index (Phi) is 7.06. The quantitative estimate of drug-likeness (QED) is 0.175. The van der Waals surface area contributed by atoms with Crippen LogP contribution in [0.4, 0.5) is 18.9 Å². The maximum atomic E-state index is 13.5. The lowest BCUT2D eigenvalue weighted by Crippen LogP contribution is -2.30. The summed E-state index contributed by atoms with van der Waals surface area (Å²) < 4.78 is 78.6. The molecule has 0 radical (unpaired) electrons. The van der Waals surface area contributed by atoms with E-state index in [2.05, 4.69) is 4.18 Å². The van der Waals surface area contributed by atoms with Gasteiger partial charge in [-0.1, -0.05) is 36.4 Å². The lowest BCUT2D eigenvalue weighted by Gasteiger charge is -2.17. The molecule has 3 aromatic rings. The first-order valence-corrected chi connectivity index (χ1v) is 12.7. The van der Waals surface area contributed by atoms with E-state index in [4.69, 9.17) is 9.47 Å². The Bertz CT molecular complexity index is 1550. The van der Waals surface area contributed by atoms with E-state index in [1.807, 2.05) is 0 Å². The largest absolute Gasteiger partial charge is 0.534 e. The minimum atomic E-state index is -6.20. The number of carbonyl (C=O) groups is 3. The van der Waals surface area contributed by atoms with Crippen LogP contribution in [-0.2, 0) is 26.1 Å². The van der Waals surface area contributed by atoms with Gasteiger partial charge >= 0.3 is 21.6 Å². The predicted octanol–water partition coefficient (Wildman–Crippen LogP) is 4.37. The van der Waals surface area contributed by atoms with Crippen LogP contribution in [0.1, 0.15) is 40.1 Å². The van der Waals surface area contributed by atoms with Gasteiger partial charge in [0.2, 0.25) is 0 Å².